The average Bonchev–Trinajstić information content (AvgIpc) is 3.32. The van der Waals surface area contributed by atoms with Gasteiger partial charge in [-0.2, -0.15) is 10.2 Å². The maximum atomic E-state index is 12.3. The van der Waals surface area contributed by atoms with E-state index in [4.69, 9.17) is 9.78 Å². The van der Waals surface area contributed by atoms with E-state index in [9.17, 15) is 9.59 Å². The molecule has 1 aromatic carbocycles. The number of Topliss-reactive ketones (excluding diaryl/α,β-unsaturated/α-hetero) is 1. The van der Waals surface area contributed by atoms with Crippen LogP contribution in [0.4, 0.5) is 0 Å². The summed E-state index contributed by atoms with van der Waals surface area (Å²) >= 11 is 0. The van der Waals surface area contributed by atoms with Crippen LogP contribution in [0, 0.1) is 17.2 Å². The van der Waals surface area contributed by atoms with Crippen LogP contribution in [0.2, 0.25) is 0 Å². The SMILES string of the molecule is CNC(=O)C(C#N)C(=O)c1cccc(-c2noc(C3CC3)n2)c1. The standard InChI is InChI=1S/C16H14N4O3/c1-18-15(22)12(8-17)13(21)10-3-2-4-11(7-10)14-19-16(23-20-14)9-5-6-9/h2-4,7,9,12H,5-6H2,1H3,(H,18,22). The van der Waals surface area contributed by atoms with Gasteiger partial charge in [-0.25, -0.2) is 0 Å². The van der Waals surface area contributed by atoms with E-state index in [1.165, 1.54) is 7.05 Å². The number of nitriles is 1. The lowest BCUT2D eigenvalue weighted by Crippen LogP contribution is -2.32. The lowest BCUT2D eigenvalue weighted by atomic mass is 9.96. The number of nitrogens with zero attached hydrogens (tertiary/aromatic N) is 3. The molecule has 1 N–H and O–H groups in total. The number of aromatic nitrogens is 2. The van der Waals surface area contributed by atoms with E-state index < -0.39 is 17.6 Å². The molecule has 23 heavy (non-hydrogen) atoms. The quantitative estimate of drug-likeness (QED) is 0.664. The van der Waals surface area contributed by atoms with Crippen molar-refractivity contribution < 1.29 is 14.1 Å². The van der Waals surface area contributed by atoms with Crippen LogP contribution in [-0.4, -0.2) is 28.9 Å². The number of rotatable bonds is 5. The van der Waals surface area contributed by atoms with Crippen molar-refractivity contribution in [2.24, 2.45) is 5.92 Å². The fourth-order valence-corrected chi connectivity index (χ4v) is 2.21. The smallest absolute Gasteiger partial charge is 0.245 e. The highest BCUT2D eigenvalue weighted by atomic mass is 16.5. The Balaban J connectivity index is 1.88. The fraction of sp³-hybridized carbons (Fsp3) is 0.312. The van der Waals surface area contributed by atoms with E-state index in [2.05, 4.69) is 15.5 Å². The molecule has 7 heteroatoms. The van der Waals surface area contributed by atoms with E-state index in [0.29, 0.717) is 23.2 Å². The summed E-state index contributed by atoms with van der Waals surface area (Å²) in [7, 11) is 1.38. The minimum atomic E-state index is -1.37. The van der Waals surface area contributed by atoms with Crippen molar-refractivity contribution in [1.29, 1.82) is 5.26 Å². The Morgan fingerprint density at radius 2 is 2.22 bits per heavy atom. The van der Waals surface area contributed by atoms with Crippen LogP contribution < -0.4 is 5.32 Å². The molecule has 0 saturated heterocycles. The van der Waals surface area contributed by atoms with Crippen LogP contribution in [0.3, 0.4) is 0 Å². The van der Waals surface area contributed by atoms with Crippen molar-refractivity contribution in [2.75, 3.05) is 7.05 Å². The van der Waals surface area contributed by atoms with Crippen LogP contribution in [-0.2, 0) is 4.79 Å². The van der Waals surface area contributed by atoms with Crippen LogP contribution in [0.1, 0.15) is 35.0 Å². The first-order valence-electron chi connectivity index (χ1n) is 7.23. The molecule has 1 aromatic heterocycles. The second kappa shape index (κ2) is 6.01. The molecule has 1 heterocycles. The zero-order chi connectivity index (χ0) is 16.4. The number of carbonyl (C=O) groups is 2. The molecule has 1 fully saturated rings. The van der Waals surface area contributed by atoms with Gasteiger partial charge in [0.05, 0.1) is 6.07 Å². The molecular weight excluding hydrogens is 296 g/mol. The van der Waals surface area contributed by atoms with Crippen molar-refractivity contribution in [3.05, 3.63) is 35.7 Å². The predicted molar refractivity (Wildman–Crippen MR) is 79.2 cm³/mol. The number of amides is 1. The van der Waals surface area contributed by atoms with Crippen LogP contribution >= 0.6 is 0 Å². The highest BCUT2D eigenvalue weighted by molar-refractivity contribution is 6.12. The molecule has 2 aromatic rings. The molecule has 1 amide bonds. The van der Waals surface area contributed by atoms with Crippen molar-refractivity contribution in [3.8, 4) is 17.5 Å². The highest BCUT2D eigenvalue weighted by Gasteiger charge is 2.30. The van der Waals surface area contributed by atoms with Crippen molar-refractivity contribution in [1.82, 2.24) is 15.5 Å². The molecule has 0 radical (unpaired) electrons. The van der Waals surface area contributed by atoms with Gasteiger partial charge in [0.1, 0.15) is 0 Å². The van der Waals surface area contributed by atoms with Gasteiger partial charge in [0.2, 0.25) is 17.6 Å². The lowest BCUT2D eigenvalue weighted by molar-refractivity contribution is -0.121. The number of nitrogens with one attached hydrogen (secondary N) is 1. The molecule has 1 saturated carbocycles. The van der Waals surface area contributed by atoms with E-state index >= 15 is 0 Å². The molecular formula is C16H14N4O3. The lowest BCUT2D eigenvalue weighted by Gasteiger charge is -2.07. The van der Waals surface area contributed by atoms with E-state index in [-0.39, 0.29) is 5.56 Å². The zero-order valence-corrected chi connectivity index (χ0v) is 12.4. The second-order valence-electron chi connectivity index (χ2n) is 5.35. The molecule has 1 aliphatic carbocycles. The van der Waals surface area contributed by atoms with Crippen LogP contribution in [0.25, 0.3) is 11.4 Å². The van der Waals surface area contributed by atoms with Crippen LogP contribution in [0.5, 0.6) is 0 Å². The Labute approximate surface area is 132 Å². The summed E-state index contributed by atoms with van der Waals surface area (Å²) in [5, 5.41) is 15.3. The molecule has 7 nitrogen and oxygen atoms in total. The third-order valence-electron chi connectivity index (χ3n) is 3.67. The van der Waals surface area contributed by atoms with Gasteiger partial charge in [-0.05, 0) is 18.9 Å². The minimum absolute atomic E-state index is 0.260. The fourth-order valence-electron chi connectivity index (χ4n) is 2.21. The monoisotopic (exact) mass is 310 g/mol. The first kappa shape index (κ1) is 14.9. The number of benzene rings is 1. The molecule has 0 aliphatic heterocycles. The van der Waals surface area contributed by atoms with Crippen molar-refractivity contribution >= 4 is 11.7 Å². The van der Waals surface area contributed by atoms with Crippen molar-refractivity contribution in [2.45, 2.75) is 18.8 Å². The van der Waals surface area contributed by atoms with Gasteiger partial charge in [-0.3, -0.25) is 9.59 Å². The first-order valence-corrected chi connectivity index (χ1v) is 7.23. The summed E-state index contributed by atoms with van der Waals surface area (Å²) in [4.78, 5) is 28.3. The van der Waals surface area contributed by atoms with E-state index in [1.54, 1.807) is 30.3 Å². The third-order valence-corrected chi connectivity index (χ3v) is 3.67. The number of carbonyl (C=O) groups excluding carboxylic acids is 2. The van der Waals surface area contributed by atoms with Gasteiger partial charge in [0.15, 0.2) is 11.7 Å². The van der Waals surface area contributed by atoms with Gasteiger partial charge < -0.3 is 9.84 Å². The first-order chi connectivity index (χ1) is 11.1. The topological polar surface area (TPSA) is 109 Å². The van der Waals surface area contributed by atoms with Gasteiger partial charge >= 0.3 is 0 Å². The summed E-state index contributed by atoms with van der Waals surface area (Å²) in [6.07, 6.45) is 2.10. The summed E-state index contributed by atoms with van der Waals surface area (Å²) in [5.74, 6) is -1.20. The predicted octanol–water partition coefficient (Wildman–Crippen LogP) is 1.68. The highest BCUT2D eigenvalue weighted by Crippen LogP contribution is 2.39. The summed E-state index contributed by atoms with van der Waals surface area (Å²) in [5.41, 5.74) is 0.871. The second-order valence-corrected chi connectivity index (χ2v) is 5.35. The number of hydrogen-bond donors (Lipinski definition) is 1. The molecule has 0 spiro atoms. The summed E-state index contributed by atoms with van der Waals surface area (Å²) in [6.45, 7) is 0. The van der Waals surface area contributed by atoms with Gasteiger partial charge in [0, 0.05) is 24.1 Å². The molecule has 1 unspecified atom stereocenters. The molecule has 0 bridgehead atoms. The molecule has 116 valence electrons. The Morgan fingerprint density at radius 3 is 2.87 bits per heavy atom. The Morgan fingerprint density at radius 1 is 1.43 bits per heavy atom. The summed E-state index contributed by atoms with van der Waals surface area (Å²) < 4.78 is 5.21. The third kappa shape index (κ3) is 2.97. The van der Waals surface area contributed by atoms with Crippen molar-refractivity contribution in [3.63, 3.8) is 0 Å². The molecule has 3 rings (SSSR count). The molecule has 1 aliphatic rings. The summed E-state index contributed by atoms with van der Waals surface area (Å²) in [6, 6.07) is 8.26. The van der Waals surface area contributed by atoms with Gasteiger partial charge in [-0.1, -0.05) is 23.4 Å². The largest absolute Gasteiger partial charge is 0.358 e. The maximum Gasteiger partial charge on any atom is 0.245 e. The van der Waals surface area contributed by atoms with Gasteiger partial charge in [-0.15, -0.1) is 0 Å². The number of ketones is 1. The minimum Gasteiger partial charge on any atom is -0.358 e. The number of hydrogen-bond acceptors (Lipinski definition) is 6. The maximum absolute atomic E-state index is 12.3. The Bertz CT molecular complexity index is 802. The van der Waals surface area contributed by atoms with E-state index in [0.717, 1.165) is 12.8 Å². The Hall–Kier alpha value is -3.01. The van der Waals surface area contributed by atoms with E-state index in [1.807, 2.05) is 0 Å². The Kier molecular flexibility index (Phi) is 3.89. The molecule has 1 atom stereocenters. The zero-order valence-electron chi connectivity index (χ0n) is 12.4. The van der Waals surface area contributed by atoms with Gasteiger partial charge in [0.25, 0.3) is 0 Å². The van der Waals surface area contributed by atoms with Crippen LogP contribution in [0.15, 0.2) is 28.8 Å². The average molecular weight is 310 g/mol. The normalized spacial score (nSPS) is 14.8.